The van der Waals surface area contributed by atoms with Crippen molar-refractivity contribution >= 4 is 39.4 Å². The molecule has 3 nitrogen and oxygen atoms in total. The third-order valence-corrected chi connectivity index (χ3v) is 3.99. The van der Waals surface area contributed by atoms with E-state index in [1.165, 1.54) is 6.07 Å². The van der Waals surface area contributed by atoms with Gasteiger partial charge in [0.15, 0.2) is 0 Å². The van der Waals surface area contributed by atoms with Gasteiger partial charge in [0.05, 0.1) is 5.69 Å². The summed E-state index contributed by atoms with van der Waals surface area (Å²) in [7, 11) is 0. The molecule has 2 aromatic heterocycles. The lowest BCUT2D eigenvalue weighted by molar-refractivity contribution is 0.764. The highest BCUT2D eigenvalue weighted by atomic mass is 79.9. The van der Waals surface area contributed by atoms with Crippen molar-refractivity contribution in [1.82, 2.24) is 9.97 Å². The molecule has 0 amide bonds. The van der Waals surface area contributed by atoms with E-state index in [2.05, 4.69) is 25.9 Å². The van der Waals surface area contributed by atoms with E-state index in [9.17, 15) is 4.79 Å². The SMILES string of the molecule is CC(C)c1nc(/C=C/c2cc(Br)cs2)cc(=O)[nH]1. The van der Waals surface area contributed by atoms with Crippen LogP contribution in [0.2, 0.25) is 0 Å². The zero-order chi connectivity index (χ0) is 13.1. The number of H-pyrrole nitrogens is 1. The summed E-state index contributed by atoms with van der Waals surface area (Å²) in [5, 5.41) is 2.02. The van der Waals surface area contributed by atoms with Crippen LogP contribution in [0.25, 0.3) is 12.2 Å². The molecule has 0 saturated carbocycles. The molecule has 0 bridgehead atoms. The van der Waals surface area contributed by atoms with Crippen molar-refractivity contribution in [2.75, 3.05) is 0 Å². The molecule has 18 heavy (non-hydrogen) atoms. The zero-order valence-electron chi connectivity index (χ0n) is 10.1. The molecule has 0 aliphatic carbocycles. The average Bonchev–Trinajstić information content (AvgIpc) is 2.72. The predicted molar refractivity (Wildman–Crippen MR) is 79.9 cm³/mol. The summed E-state index contributed by atoms with van der Waals surface area (Å²) in [5.41, 5.74) is 0.577. The van der Waals surface area contributed by atoms with Crippen LogP contribution in [-0.4, -0.2) is 9.97 Å². The van der Waals surface area contributed by atoms with Gasteiger partial charge in [0.2, 0.25) is 0 Å². The summed E-state index contributed by atoms with van der Waals surface area (Å²) in [6.07, 6.45) is 3.82. The van der Waals surface area contributed by atoms with Gasteiger partial charge in [-0.3, -0.25) is 4.79 Å². The topological polar surface area (TPSA) is 45.8 Å². The van der Waals surface area contributed by atoms with Crippen LogP contribution in [0.15, 0.2) is 26.8 Å². The van der Waals surface area contributed by atoms with E-state index in [0.29, 0.717) is 5.69 Å². The number of aromatic amines is 1. The molecular weight excluding hydrogens is 312 g/mol. The second kappa shape index (κ2) is 5.63. The van der Waals surface area contributed by atoms with Crippen LogP contribution in [0, 0.1) is 0 Å². The fourth-order valence-electron chi connectivity index (χ4n) is 1.44. The Labute approximate surface area is 118 Å². The van der Waals surface area contributed by atoms with Gasteiger partial charge in [-0.1, -0.05) is 13.8 Å². The Morgan fingerprint density at radius 3 is 2.78 bits per heavy atom. The third kappa shape index (κ3) is 3.40. The molecule has 0 radical (unpaired) electrons. The molecule has 2 heterocycles. The smallest absolute Gasteiger partial charge is 0.251 e. The molecule has 5 heteroatoms. The highest BCUT2D eigenvalue weighted by molar-refractivity contribution is 9.10. The van der Waals surface area contributed by atoms with Crippen LogP contribution in [0.5, 0.6) is 0 Å². The van der Waals surface area contributed by atoms with Crippen molar-refractivity contribution in [3.8, 4) is 0 Å². The third-order valence-electron chi connectivity index (χ3n) is 2.33. The summed E-state index contributed by atoms with van der Waals surface area (Å²) in [6, 6.07) is 3.53. The van der Waals surface area contributed by atoms with Crippen molar-refractivity contribution < 1.29 is 0 Å². The van der Waals surface area contributed by atoms with Crippen LogP contribution < -0.4 is 5.56 Å². The first-order valence-corrected chi connectivity index (χ1v) is 7.25. The van der Waals surface area contributed by atoms with Gasteiger partial charge in [0.25, 0.3) is 5.56 Å². The molecule has 2 aromatic rings. The maximum absolute atomic E-state index is 11.5. The van der Waals surface area contributed by atoms with Crippen molar-refractivity contribution in [2.45, 2.75) is 19.8 Å². The Kier molecular flexibility index (Phi) is 4.14. The van der Waals surface area contributed by atoms with E-state index in [-0.39, 0.29) is 11.5 Å². The Hall–Kier alpha value is -1.20. The van der Waals surface area contributed by atoms with E-state index in [1.807, 2.05) is 37.4 Å². The van der Waals surface area contributed by atoms with Gasteiger partial charge in [-0.15, -0.1) is 11.3 Å². The summed E-state index contributed by atoms with van der Waals surface area (Å²) in [4.78, 5) is 19.8. The molecule has 94 valence electrons. The lowest BCUT2D eigenvalue weighted by Gasteiger charge is -2.03. The fourth-order valence-corrected chi connectivity index (χ4v) is 2.77. The number of rotatable bonds is 3. The number of hydrogen-bond donors (Lipinski definition) is 1. The molecular formula is C13H13BrN2OS. The monoisotopic (exact) mass is 324 g/mol. The largest absolute Gasteiger partial charge is 0.310 e. The minimum atomic E-state index is -0.110. The van der Waals surface area contributed by atoms with E-state index >= 15 is 0 Å². The van der Waals surface area contributed by atoms with E-state index in [4.69, 9.17) is 0 Å². The first-order chi connectivity index (χ1) is 8.54. The van der Waals surface area contributed by atoms with Gasteiger partial charge in [-0.25, -0.2) is 4.98 Å². The van der Waals surface area contributed by atoms with Crippen LogP contribution in [0.3, 0.4) is 0 Å². The molecule has 0 atom stereocenters. The molecule has 0 spiro atoms. The second-order valence-corrected chi connectivity index (χ2v) is 6.07. The number of hydrogen-bond acceptors (Lipinski definition) is 3. The molecule has 2 rings (SSSR count). The highest BCUT2D eigenvalue weighted by Crippen LogP contribution is 2.21. The lowest BCUT2D eigenvalue weighted by Crippen LogP contribution is -2.12. The molecule has 0 aliphatic rings. The number of nitrogens with one attached hydrogen (secondary N) is 1. The van der Waals surface area contributed by atoms with E-state index in [0.717, 1.165) is 15.2 Å². The molecule has 1 N–H and O–H groups in total. The van der Waals surface area contributed by atoms with Crippen LogP contribution in [-0.2, 0) is 0 Å². The van der Waals surface area contributed by atoms with Crippen LogP contribution in [0.1, 0.15) is 36.2 Å². The first kappa shape index (κ1) is 13.2. The molecule has 0 aromatic carbocycles. The first-order valence-electron chi connectivity index (χ1n) is 5.58. The minimum absolute atomic E-state index is 0.110. The minimum Gasteiger partial charge on any atom is -0.310 e. The van der Waals surface area contributed by atoms with Gasteiger partial charge >= 0.3 is 0 Å². The lowest BCUT2D eigenvalue weighted by atomic mass is 10.2. The van der Waals surface area contributed by atoms with E-state index in [1.54, 1.807) is 11.3 Å². The van der Waals surface area contributed by atoms with Gasteiger partial charge in [-0.05, 0) is 34.1 Å². The van der Waals surface area contributed by atoms with Crippen LogP contribution in [0.4, 0.5) is 0 Å². The van der Waals surface area contributed by atoms with Gasteiger partial charge < -0.3 is 4.98 Å². The van der Waals surface area contributed by atoms with Gasteiger partial charge in [0.1, 0.15) is 5.82 Å². The molecule has 0 aliphatic heterocycles. The van der Waals surface area contributed by atoms with Gasteiger partial charge in [0, 0.05) is 26.7 Å². The zero-order valence-corrected chi connectivity index (χ0v) is 12.5. The summed E-state index contributed by atoms with van der Waals surface area (Å²) >= 11 is 5.04. The van der Waals surface area contributed by atoms with Crippen molar-refractivity contribution in [2.24, 2.45) is 0 Å². The highest BCUT2D eigenvalue weighted by Gasteiger charge is 2.03. The average molecular weight is 325 g/mol. The number of halogens is 1. The maximum Gasteiger partial charge on any atom is 0.251 e. The fraction of sp³-hybridized carbons (Fsp3) is 0.231. The Bertz CT molecular complexity index is 628. The number of thiophene rings is 1. The maximum atomic E-state index is 11.5. The Morgan fingerprint density at radius 1 is 1.39 bits per heavy atom. The Balaban J connectivity index is 2.29. The van der Waals surface area contributed by atoms with Gasteiger partial charge in [-0.2, -0.15) is 0 Å². The number of aromatic nitrogens is 2. The number of nitrogens with zero attached hydrogens (tertiary/aromatic N) is 1. The van der Waals surface area contributed by atoms with Crippen LogP contribution >= 0.6 is 27.3 Å². The van der Waals surface area contributed by atoms with E-state index < -0.39 is 0 Å². The molecule has 0 unspecified atom stereocenters. The summed E-state index contributed by atoms with van der Waals surface area (Å²) in [5.74, 6) is 0.927. The molecule has 0 saturated heterocycles. The molecule has 0 fully saturated rings. The standard InChI is InChI=1S/C13H13BrN2OS/c1-8(2)13-15-10(6-12(17)16-13)3-4-11-5-9(14)7-18-11/h3-8H,1-2H3,(H,15,16,17)/b4-3+. The predicted octanol–water partition coefficient (Wildman–Crippen LogP) is 3.89. The van der Waals surface area contributed by atoms with Crippen molar-refractivity contribution in [3.05, 3.63) is 48.7 Å². The quantitative estimate of drug-likeness (QED) is 0.930. The van der Waals surface area contributed by atoms with Crippen molar-refractivity contribution in [1.29, 1.82) is 0 Å². The normalized spacial score (nSPS) is 11.6. The second-order valence-electron chi connectivity index (χ2n) is 4.21. The summed E-state index contributed by atoms with van der Waals surface area (Å²) in [6.45, 7) is 4.00. The van der Waals surface area contributed by atoms with Crippen molar-refractivity contribution in [3.63, 3.8) is 0 Å². The Morgan fingerprint density at radius 2 is 2.17 bits per heavy atom. The summed E-state index contributed by atoms with van der Waals surface area (Å²) < 4.78 is 1.06.